The van der Waals surface area contributed by atoms with E-state index in [9.17, 15) is 24.0 Å². The van der Waals surface area contributed by atoms with Gasteiger partial charge in [0.2, 0.25) is 0 Å². The summed E-state index contributed by atoms with van der Waals surface area (Å²) >= 11 is 0. The van der Waals surface area contributed by atoms with E-state index >= 15 is 0 Å². The standard InChI is InChI=1S/C31H34O7/c1-30(2)14-20(32)27(21(33)15-30)26(28-22(34)16-31(3,4)17-23(28)35)19-11-12-24(25(13-19)37-5)38-29(36)18-9-7-6-8-10-18/h6-13,26-28H,14-17H2,1-5H3. The van der Waals surface area contributed by atoms with Gasteiger partial charge in [-0.25, -0.2) is 4.79 Å². The lowest BCUT2D eigenvalue weighted by atomic mass is 9.59. The third kappa shape index (κ3) is 5.62. The second kappa shape index (κ2) is 10.3. The number of Topliss-reactive ketones (excluding diaryl/α,β-unsaturated/α-hetero) is 4. The number of esters is 1. The first-order valence-corrected chi connectivity index (χ1v) is 12.9. The summed E-state index contributed by atoms with van der Waals surface area (Å²) in [7, 11) is 1.41. The van der Waals surface area contributed by atoms with Crippen molar-refractivity contribution in [3.05, 3.63) is 59.7 Å². The van der Waals surface area contributed by atoms with Crippen molar-refractivity contribution in [3.8, 4) is 11.5 Å². The van der Waals surface area contributed by atoms with E-state index in [1.807, 2.05) is 27.7 Å². The summed E-state index contributed by atoms with van der Waals surface area (Å²) in [5.41, 5.74) is -0.145. The lowest BCUT2D eigenvalue weighted by Gasteiger charge is -2.41. The van der Waals surface area contributed by atoms with E-state index in [4.69, 9.17) is 9.47 Å². The zero-order valence-electron chi connectivity index (χ0n) is 22.5. The molecule has 2 aliphatic carbocycles. The Morgan fingerprint density at radius 1 is 0.737 bits per heavy atom. The van der Waals surface area contributed by atoms with Crippen LogP contribution in [0.4, 0.5) is 0 Å². The van der Waals surface area contributed by atoms with Gasteiger partial charge in [0.25, 0.3) is 0 Å². The second-order valence-corrected chi connectivity index (χ2v) is 12.0. The first-order valence-electron chi connectivity index (χ1n) is 12.9. The first kappa shape index (κ1) is 27.4. The molecule has 0 heterocycles. The largest absolute Gasteiger partial charge is 0.493 e. The molecule has 0 amide bonds. The molecule has 2 aromatic rings. The minimum atomic E-state index is -1.11. The molecule has 7 nitrogen and oxygen atoms in total. The van der Waals surface area contributed by atoms with E-state index < -0.39 is 34.6 Å². The Kier molecular flexibility index (Phi) is 7.42. The Hall–Kier alpha value is -3.61. The van der Waals surface area contributed by atoms with Crippen LogP contribution in [0.15, 0.2) is 48.5 Å². The van der Waals surface area contributed by atoms with Gasteiger partial charge < -0.3 is 9.47 Å². The number of benzene rings is 2. The Balaban J connectivity index is 1.76. The fourth-order valence-corrected chi connectivity index (χ4v) is 5.90. The fourth-order valence-electron chi connectivity index (χ4n) is 5.90. The average molecular weight is 519 g/mol. The van der Waals surface area contributed by atoms with Gasteiger partial charge in [-0.1, -0.05) is 52.0 Å². The van der Waals surface area contributed by atoms with E-state index in [-0.39, 0.29) is 60.3 Å². The molecule has 38 heavy (non-hydrogen) atoms. The maximum atomic E-state index is 13.4. The van der Waals surface area contributed by atoms with E-state index in [1.165, 1.54) is 13.2 Å². The quantitative estimate of drug-likeness (QED) is 0.296. The van der Waals surface area contributed by atoms with Crippen molar-refractivity contribution in [2.75, 3.05) is 7.11 Å². The molecule has 0 unspecified atom stereocenters. The molecule has 0 spiro atoms. The molecule has 4 rings (SSSR count). The smallest absolute Gasteiger partial charge is 0.343 e. The Morgan fingerprint density at radius 2 is 1.21 bits per heavy atom. The zero-order chi connectivity index (χ0) is 27.8. The highest BCUT2D eigenvalue weighted by Gasteiger charge is 2.52. The predicted octanol–water partition coefficient (Wildman–Crippen LogP) is 5.15. The summed E-state index contributed by atoms with van der Waals surface area (Å²) in [5, 5.41) is 0. The average Bonchev–Trinajstić information content (AvgIpc) is 2.81. The fraction of sp³-hybridized carbons (Fsp3) is 0.452. The first-order chi connectivity index (χ1) is 17.8. The van der Waals surface area contributed by atoms with Gasteiger partial charge in [0.15, 0.2) is 11.5 Å². The molecule has 2 aromatic carbocycles. The zero-order valence-corrected chi connectivity index (χ0v) is 22.5. The molecule has 0 saturated heterocycles. The van der Waals surface area contributed by atoms with Crippen molar-refractivity contribution in [2.45, 2.75) is 59.3 Å². The highest BCUT2D eigenvalue weighted by atomic mass is 16.6. The van der Waals surface area contributed by atoms with E-state index in [0.29, 0.717) is 11.1 Å². The number of ether oxygens (including phenoxy) is 2. The molecule has 200 valence electrons. The van der Waals surface area contributed by atoms with Crippen molar-refractivity contribution in [1.29, 1.82) is 0 Å². The Morgan fingerprint density at radius 3 is 1.66 bits per heavy atom. The van der Waals surface area contributed by atoms with Crippen LogP contribution in [-0.2, 0) is 19.2 Å². The van der Waals surface area contributed by atoms with Crippen LogP contribution in [0.1, 0.15) is 75.2 Å². The molecule has 0 aliphatic heterocycles. The third-order valence-electron chi connectivity index (χ3n) is 7.50. The van der Waals surface area contributed by atoms with Crippen molar-refractivity contribution < 1.29 is 33.4 Å². The van der Waals surface area contributed by atoms with Crippen molar-refractivity contribution in [2.24, 2.45) is 22.7 Å². The lowest BCUT2D eigenvalue weighted by molar-refractivity contribution is -0.145. The summed E-state index contributed by atoms with van der Waals surface area (Å²) in [6.45, 7) is 7.47. The molecule has 0 radical (unpaired) electrons. The summed E-state index contributed by atoms with van der Waals surface area (Å²) in [5.74, 6) is -4.45. The number of hydrogen-bond acceptors (Lipinski definition) is 7. The molecule has 2 aliphatic rings. The number of hydrogen-bond donors (Lipinski definition) is 0. The van der Waals surface area contributed by atoms with Crippen molar-refractivity contribution in [3.63, 3.8) is 0 Å². The SMILES string of the molecule is COc1cc(C(C2C(=O)CC(C)(C)CC2=O)C2C(=O)CC(C)(C)CC2=O)ccc1OC(=O)c1ccccc1. The molecule has 0 aromatic heterocycles. The van der Waals surface area contributed by atoms with Crippen LogP contribution >= 0.6 is 0 Å². The Labute approximate surface area is 222 Å². The number of ketones is 4. The molecule has 2 saturated carbocycles. The van der Waals surface area contributed by atoms with Gasteiger partial charge in [0.1, 0.15) is 23.1 Å². The molecular weight excluding hydrogens is 484 g/mol. The van der Waals surface area contributed by atoms with Gasteiger partial charge in [-0.3, -0.25) is 19.2 Å². The third-order valence-corrected chi connectivity index (χ3v) is 7.50. The van der Waals surface area contributed by atoms with Gasteiger partial charge >= 0.3 is 5.97 Å². The van der Waals surface area contributed by atoms with Crippen molar-refractivity contribution in [1.82, 2.24) is 0 Å². The van der Waals surface area contributed by atoms with Crippen LogP contribution in [0, 0.1) is 22.7 Å². The highest BCUT2D eigenvalue weighted by molar-refractivity contribution is 6.11. The van der Waals surface area contributed by atoms with Gasteiger partial charge in [-0.05, 0) is 40.7 Å². The summed E-state index contributed by atoms with van der Waals surface area (Å²) in [4.78, 5) is 66.2. The number of methoxy groups -OCH3 is 1. The van der Waals surface area contributed by atoms with Crippen LogP contribution in [0.2, 0.25) is 0 Å². The van der Waals surface area contributed by atoms with Crippen LogP contribution in [-0.4, -0.2) is 36.2 Å². The van der Waals surface area contributed by atoms with E-state index in [0.717, 1.165) is 0 Å². The van der Waals surface area contributed by atoms with Crippen LogP contribution in [0.5, 0.6) is 11.5 Å². The highest BCUT2D eigenvalue weighted by Crippen LogP contribution is 2.48. The summed E-state index contributed by atoms with van der Waals surface area (Å²) in [6, 6.07) is 13.2. The number of rotatable bonds is 6. The van der Waals surface area contributed by atoms with Crippen LogP contribution in [0.3, 0.4) is 0 Å². The van der Waals surface area contributed by atoms with Gasteiger partial charge in [-0.2, -0.15) is 0 Å². The molecular formula is C31H34O7. The molecule has 0 bridgehead atoms. The maximum absolute atomic E-state index is 13.4. The van der Waals surface area contributed by atoms with Crippen LogP contribution < -0.4 is 9.47 Å². The van der Waals surface area contributed by atoms with E-state index in [2.05, 4.69) is 0 Å². The maximum Gasteiger partial charge on any atom is 0.343 e. The van der Waals surface area contributed by atoms with Crippen LogP contribution in [0.25, 0.3) is 0 Å². The van der Waals surface area contributed by atoms with Gasteiger partial charge in [0, 0.05) is 31.6 Å². The number of carbonyl (C=O) groups is 5. The topological polar surface area (TPSA) is 104 Å². The molecule has 7 heteroatoms. The molecule has 0 atom stereocenters. The van der Waals surface area contributed by atoms with Gasteiger partial charge in [0.05, 0.1) is 24.5 Å². The van der Waals surface area contributed by atoms with E-state index in [1.54, 1.807) is 42.5 Å². The minimum Gasteiger partial charge on any atom is -0.493 e. The monoisotopic (exact) mass is 518 g/mol. The normalized spacial score (nSPS) is 20.1. The Bertz CT molecular complexity index is 1200. The predicted molar refractivity (Wildman–Crippen MR) is 140 cm³/mol. The second-order valence-electron chi connectivity index (χ2n) is 12.0. The molecule has 2 fully saturated rings. The molecule has 0 N–H and O–H groups in total. The number of carbonyl (C=O) groups excluding carboxylic acids is 5. The lowest BCUT2D eigenvalue weighted by Crippen LogP contribution is -2.48. The van der Waals surface area contributed by atoms with Gasteiger partial charge in [-0.15, -0.1) is 0 Å². The van der Waals surface area contributed by atoms with Crippen molar-refractivity contribution >= 4 is 29.1 Å². The minimum absolute atomic E-state index is 0.147. The summed E-state index contributed by atoms with van der Waals surface area (Å²) in [6.07, 6.45) is 0.740. The summed E-state index contributed by atoms with van der Waals surface area (Å²) < 4.78 is 11.1.